The Kier molecular flexibility index (Phi) is 4.47. The number of fused-ring (bicyclic) bond motifs is 1. The highest BCUT2D eigenvalue weighted by atomic mass is 32.1. The predicted molar refractivity (Wildman–Crippen MR) is 100 cm³/mol. The molecule has 0 unspecified atom stereocenters. The van der Waals surface area contributed by atoms with Crippen molar-refractivity contribution < 1.29 is 14.0 Å². The van der Waals surface area contributed by atoms with Gasteiger partial charge in [-0.15, -0.1) is 10.2 Å². The van der Waals surface area contributed by atoms with E-state index in [-0.39, 0.29) is 17.4 Å². The first-order valence-corrected chi connectivity index (χ1v) is 8.91. The Balaban J connectivity index is 1.48. The highest BCUT2D eigenvalue weighted by Crippen LogP contribution is 2.22. The van der Waals surface area contributed by atoms with Gasteiger partial charge in [0, 0.05) is 23.5 Å². The monoisotopic (exact) mass is 380 g/mol. The first-order chi connectivity index (χ1) is 13.1. The zero-order valence-corrected chi connectivity index (χ0v) is 14.7. The fraction of sp³-hybridized carbons (Fsp3) is 0.0526. The maximum absolute atomic E-state index is 13.7. The predicted octanol–water partition coefficient (Wildman–Crippen LogP) is 3.57. The number of benzene rings is 2. The molecule has 6 nitrogen and oxygen atoms in total. The first kappa shape index (κ1) is 17.0. The number of nitrogens with one attached hydrogen (secondary N) is 2. The van der Waals surface area contributed by atoms with Crippen molar-refractivity contribution in [3.63, 3.8) is 0 Å². The van der Waals surface area contributed by atoms with E-state index in [0.717, 1.165) is 16.9 Å². The largest absolute Gasteiger partial charge is 0.360 e. The Morgan fingerprint density at radius 2 is 1.85 bits per heavy atom. The second-order valence-corrected chi connectivity index (χ2v) is 6.86. The van der Waals surface area contributed by atoms with Gasteiger partial charge in [-0.2, -0.15) is 0 Å². The number of ketones is 1. The molecule has 4 aromatic rings. The number of H-pyrrole nitrogens is 1. The fourth-order valence-electron chi connectivity index (χ4n) is 2.72. The van der Waals surface area contributed by atoms with Crippen LogP contribution in [0, 0.1) is 5.82 Å². The smallest absolute Gasteiger partial charge is 0.298 e. The van der Waals surface area contributed by atoms with Gasteiger partial charge in [0.1, 0.15) is 10.8 Å². The van der Waals surface area contributed by atoms with E-state index in [1.54, 1.807) is 30.3 Å². The number of hydrogen-bond donors (Lipinski definition) is 2. The van der Waals surface area contributed by atoms with Crippen molar-refractivity contribution in [2.24, 2.45) is 0 Å². The number of aromatic nitrogens is 3. The third-order valence-electron chi connectivity index (χ3n) is 4.03. The summed E-state index contributed by atoms with van der Waals surface area (Å²) >= 11 is 1.10. The van der Waals surface area contributed by atoms with Gasteiger partial charge in [0.2, 0.25) is 5.13 Å². The van der Waals surface area contributed by atoms with Crippen LogP contribution in [0.25, 0.3) is 10.9 Å². The number of rotatable bonds is 5. The Labute approximate surface area is 157 Å². The summed E-state index contributed by atoms with van der Waals surface area (Å²) in [6, 6.07) is 13.6. The Bertz CT molecular complexity index is 1150. The number of para-hydroxylation sites is 1. The molecule has 0 bridgehead atoms. The molecule has 0 fully saturated rings. The van der Waals surface area contributed by atoms with Crippen LogP contribution in [0.15, 0.2) is 54.7 Å². The lowest BCUT2D eigenvalue weighted by Crippen LogP contribution is -2.22. The maximum Gasteiger partial charge on any atom is 0.298 e. The van der Waals surface area contributed by atoms with Gasteiger partial charge in [-0.05, 0) is 17.7 Å². The van der Waals surface area contributed by atoms with Crippen LogP contribution in [0.3, 0.4) is 0 Å². The van der Waals surface area contributed by atoms with Crippen molar-refractivity contribution in [1.29, 1.82) is 0 Å². The van der Waals surface area contributed by atoms with Gasteiger partial charge >= 0.3 is 0 Å². The normalized spacial score (nSPS) is 10.9. The summed E-state index contributed by atoms with van der Waals surface area (Å²) in [5.41, 5.74) is 1.55. The van der Waals surface area contributed by atoms with E-state index in [4.69, 9.17) is 0 Å². The van der Waals surface area contributed by atoms with Crippen molar-refractivity contribution >= 4 is 39.1 Å². The number of anilines is 1. The average molecular weight is 380 g/mol. The van der Waals surface area contributed by atoms with Gasteiger partial charge in [0.15, 0.2) is 0 Å². The highest BCUT2D eigenvalue weighted by Gasteiger charge is 2.21. The van der Waals surface area contributed by atoms with Crippen LogP contribution in [0.1, 0.15) is 20.9 Å². The van der Waals surface area contributed by atoms with Gasteiger partial charge in [0.05, 0.1) is 5.56 Å². The SMILES string of the molecule is O=C(Nc1nnc(Cc2ccccc2F)s1)C(=O)c1c[nH]c2ccccc12. The molecule has 0 aliphatic rings. The van der Waals surface area contributed by atoms with E-state index in [1.165, 1.54) is 12.3 Å². The second kappa shape index (κ2) is 7.08. The molecule has 0 aliphatic carbocycles. The zero-order valence-electron chi connectivity index (χ0n) is 13.9. The molecular weight excluding hydrogens is 367 g/mol. The highest BCUT2D eigenvalue weighted by molar-refractivity contribution is 7.15. The van der Waals surface area contributed by atoms with Crippen LogP contribution in [-0.4, -0.2) is 26.9 Å². The molecule has 4 rings (SSSR count). The minimum Gasteiger partial charge on any atom is -0.360 e. The number of halogens is 1. The van der Waals surface area contributed by atoms with E-state index in [0.29, 0.717) is 21.5 Å². The number of carbonyl (C=O) groups is 2. The minimum atomic E-state index is -0.798. The number of nitrogens with zero attached hydrogens (tertiary/aromatic N) is 2. The molecule has 8 heteroatoms. The number of hydrogen-bond acceptors (Lipinski definition) is 5. The van der Waals surface area contributed by atoms with Crippen molar-refractivity contribution in [2.75, 3.05) is 5.32 Å². The van der Waals surface area contributed by atoms with Gasteiger partial charge in [-0.1, -0.05) is 47.7 Å². The van der Waals surface area contributed by atoms with E-state index in [1.807, 2.05) is 12.1 Å². The molecule has 27 heavy (non-hydrogen) atoms. The topological polar surface area (TPSA) is 87.7 Å². The molecule has 0 spiro atoms. The molecule has 2 N–H and O–H groups in total. The molecule has 2 heterocycles. The summed E-state index contributed by atoms with van der Waals surface area (Å²) in [7, 11) is 0. The number of amides is 1. The summed E-state index contributed by atoms with van der Waals surface area (Å²) < 4.78 is 13.7. The van der Waals surface area contributed by atoms with Gasteiger partial charge in [-0.25, -0.2) is 4.39 Å². The van der Waals surface area contributed by atoms with E-state index >= 15 is 0 Å². The van der Waals surface area contributed by atoms with Crippen LogP contribution in [0.4, 0.5) is 9.52 Å². The molecule has 0 radical (unpaired) electrons. The maximum atomic E-state index is 13.7. The fourth-order valence-corrected chi connectivity index (χ4v) is 3.47. The average Bonchev–Trinajstić information content (AvgIpc) is 3.30. The van der Waals surface area contributed by atoms with Crippen LogP contribution in [-0.2, 0) is 11.2 Å². The Morgan fingerprint density at radius 1 is 1.07 bits per heavy atom. The quantitative estimate of drug-likeness (QED) is 0.409. The molecule has 134 valence electrons. The second-order valence-electron chi connectivity index (χ2n) is 5.80. The van der Waals surface area contributed by atoms with Crippen molar-refractivity contribution in [1.82, 2.24) is 15.2 Å². The molecule has 2 aromatic heterocycles. The first-order valence-electron chi connectivity index (χ1n) is 8.09. The van der Waals surface area contributed by atoms with Crippen LogP contribution in [0.5, 0.6) is 0 Å². The lowest BCUT2D eigenvalue weighted by molar-refractivity contribution is -0.112. The van der Waals surface area contributed by atoms with E-state index in [9.17, 15) is 14.0 Å². The summed E-state index contributed by atoms with van der Waals surface area (Å²) in [6.45, 7) is 0. The molecule has 0 aliphatic heterocycles. The summed E-state index contributed by atoms with van der Waals surface area (Å²) in [4.78, 5) is 27.7. The summed E-state index contributed by atoms with van der Waals surface area (Å²) in [6.07, 6.45) is 1.77. The van der Waals surface area contributed by atoms with Crippen molar-refractivity contribution in [3.8, 4) is 0 Å². The summed E-state index contributed by atoms with van der Waals surface area (Å²) in [5, 5.41) is 11.7. The van der Waals surface area contributed by atoms with Gasteiger partial charge in [-0.3, -0.25) is 14.9 Å². The number of carbonyl (C=O) groups excluding carboxylic acids is 2. The van der Waals surface area contributed by atoms with Crippen LogP contribution >= 0.6 is 11.3 Å². The lowest BCUT2D eigenvalue weighted by atomic mass is 10.1. The van der Waals surface area contributed by atoms with Crippen LogP contribution in [0.2, 0.25) is 0 Å². The summed E-state index contributed by atoms with van der Waals surface area (Å²) in [5.74, 6) is -1.79. The molecule has 0 saturated carbocycles. The van der Waals surface area contributed by atoms with E-state index < -0.39 is 11.7 Å². The minimum absolute atomic E-state index is 0.194. The molecular formula is C19H13FN4O2S. The zero-order chi connectivity index (χ0) is 18.8. The van der Waals surface area contributed by atoms with Crippen molar-refractivity contribution in [3.05, 3.63) is 76.7 Å². The third kappa shape index (κ3) is 3.47. The lowest BCUT2D eigenvalue weighted by Gasteiger charge is -2.00. The Morgan fingerprint density at radius 3 is 2.70 bits per heavy atom. The van der Waals surface area contributed by atoms with Crippen molar-refractivity contribution in [2.45, 2.75) is 6.42 Å². The number of aromatic amines is 1. The molecule has 2 aromatic carbocycles. The number of Topliss-reactive ketones (excluding diaryl/α,β-unsaturated/α-hetero) is 1. The van der Waals surface area contributed by atoms with Gasteiger partial charge < -0.3 is 4.98 Å². The molecule has 0 saturated heterocycles. The van der Waals surface area contributed by atoms with E-state index in [2.05, 4.69) is 20.5 Å². The molecule has 1 amide bonds. The Hall–Kier alpha value is -3.39. The third-order valence-corrected chi connectivity index (χ3v) is 4.87. The molecule has 0 atom stereocenters. The standard InChI is InChI=1S/C19H13FN4O2S/c20-14-7-3-1-5-11(14)9-16-23-24-19(27-16)22-18(26)17(25)13-10-21-15-8-4-2-6-12(13)15/h1-8,10,21H,9H2,(H,22,24,26). The van der Waals surface area contributed by atoms with Crippen LogP contribution < -0.4 is 5.32 Å². The van der Waals surface area contributed by atoms with Gasteiger partial charge in [0.25, 0.3) is 11.7 Å².